The minimum absolute atomic E-state index is 0.0570. The van der Waals surface area contributed by atoms with E-state index in [-0.39, 0.29) is 18.1 Å². The summed E-state index contributed by atoms with van der Waals surface area (Å²) in [6.07, 6.45) is 4.63. The quantitative estimate of drug-likeness (QED) is 0.854. The molecule has 134 valence electrons. The predicted molar refractivity (Wildman–Crippen MR) is 94.5 cm³/mol. The first-order chi connectivity index (χ1) is 12.7. The number of hydrogen-bond donors (Lipinski definition) is 1. The lowest BCUT2D eigenvalue weighted by Gasteiger charge is -2.35. The summed E-state index contributed by atoms with van der Waals surface area (Å²) < 4.78 is 11.1. The number of aryl methyl sites for hydroxylation is 1. The maximum atomic E-state index is 13.0. The van der Waals surface area contributed by atoms with Crippen molar-refractivity contribution in [1.29, 1.82) is 0 Å². The minimum atomic E-state index is -0.0830. The maximum Gasteiger partial charge on any atom is 0.322 e. The molecule has 4 heterocycles. The third-order valence-electron chi connectivity index (χ3n) is 5.34. The predicted octanol–water partition coefficient (Wildman–Crippen LogP) is 2.85. The van der Waals surface area contributed by atoms with Gasteiger partial charge in [0.1, 0.15) is 19.0 Å². The second kappa shape index (κ2) is 5.86. The first-order valence-corrected chi connectivity index (χ1v) is 9.00. The van der Waals surface area contributed by atoms with E-state index in [1.54, 1.807) is 0 Å². The summed E-state index contributed by atoms with van der Waals surface area (Å²) in [4.78, 5) is 23.8. The van der Waals surface area contributed by atoms with Gasteiger partial charge in [-0.05, 0) is 31.9 Å². The molecule has 7 nitrogen and oxygen atoms in total. The van der Waals surface area contributed by atoms with Gasteiger partial charge in [0.15, 0.2) is 11.5 Å². The number of rotatable bonds is 1. The van der Waals surface area contributed by atoms with Gasteiger partial charge in [-0.1, -0.05) is 0 Å². The molecule has 0 saturated carbocycles. The molecule has 0 spiro atoms. The van der Waals surface area contributed by atoms with Gasteiger partial charge in [0.2, 0.25) is 0 Å². The highest BCUT2D eigenvalue weighted by Gasteiger charge is 2.43. The standard InChI is InChI=1S/C19H20N4O3/c1-11-20-10-14-15(21-11)9-13-3-4-16(14)23(13)19(24)22-12-2-5-17-18(8-12)26-7-6-25-17/h2,5,8,10,13,16H,3-4,6-7,9H2,1H3,(H,22,24)/t13-,16+/m0/s1. The van der Waals surface area contributed by atoms with Gasteiger partial charge in [0.25, 0.3) is 0 Å². The summed E-state index contributed by atoms with van der Waals surface area (Å²) in [7, 11) is 0. The number of ether oxygens (including phenoxy) is 2. The Balaban J connectivity index is 1.39. The Kier molecular flexibility index (Phi) is 3.48. The fourth-order valence-electron chi connectivity index (χ4n) is 4.20. The number of nitrogens with zero attached hydrogens (tertiary/aromatic N) is 3. The zero-order chi connectivity index (χ0) is 17.7. The van der Waals surface area contributed by atoms with Crippen molar-refractivity contribution in [2.24, 2.45) is 0 Å². The lowest BCUT2D eigenvalue weighted by atomic mass is 9.99. The summed E-state index contributed by atoms with van der Waals surface area (Å²) in [5.74, 6) is 2.18. The van der Waals surface area contributed by atoms with E-state index in [1.165, 1.54) is 0 Å². The molecule has 5 rings (SSSR count). The molecule has 1 saturated heterocycles. The number of hydrogen-bond acceptors (Lipinski definition) is 5. The normalized spacial score (nSPS) is 22.7. The molecule has 2 atom stereocenters. The number of nitrogens with one attached hydrogen (secondary N) is 1. The van der Waals surface area contributed by atoms with Gasteiger partial charge in [-0.25, -0.2) is 14.8 Å². The number of benzene rings is 1. The average Bonchev–Trinajstić information content (AvgIpc) is 2.97. The van der Waals surface area contributed by atoms with Gasteiger partial charge >= 0.3 is 6.03 Å². The highest BCUT2D eigenvalue weighted by molar-refractivity contribution is 5.90. The Labute approximate surface area is 151 Å². The lowest BCUT2D eigenvalue weighted by molar-refractivity contribution is 0.171. The van der Waals surface area contributed by atoms with Crippen LogP contribution in [0.25, 0.3) is 0 Å². The molecule has 1 fully saturated rings. The van der Waals surface area contributed by atoms with Crippen LogP contribution in [0.2, 0.25) is 0 Å². The summed E-state index contributed by atoms with van der Waals surface area (Å²) in [6.45, 7) is 2.98. The van der Waals surface area contributed by atoms with Gasteiger partial charge in [0, 0.05) is 36.0 Å². The van der Waals surface area contributed by atoms with Gasteiger partial charge in [-0.3, -0.25) is 0 Å². The fraction of sp³-hybridized carbons (Fsp3) is 0.421. The van der Waals surface area contributed by atoms with Crippen molar-refractivity contribution in [3.63, 3.8) is 0 Å². The monoisotopic (exact) mass is 352 g/mol. The van der Waals surface area contributed by atoms with Gasteiger partial charge in [0.05, 0.1) is 11.7 Å². The SMILES string of the molecule is Cc1ncc2c(n1)C[C@@H]1CC[C@H]2N1C(=O)Nc1ccc2c(c1)OCCO2. The second-order valence-electron chi connectivity index (χ2n) is 6.97. The molecule has 2 amide bonds. The van der Waals surface area contributed by atoms with E-state index >= 15 is 0 Å². The Bertz CT molecular complexity index is 885. The Hall–Kier alpha value is -2.83. The zero-order valence-electron chi connectivity index (χ0n) is 14.6. The molecule has 2 bridgehead atoms. The molecular formula is C19H20N4O3. The lowest BCUT2D eigenvalue weighted by Crippen LogP contribution is -2.44. The summed E-state index contributed by atoms with van der Waals surface area (Å²) in [5.41, 5.74) is 2.89. The van der Waals surface area contributed by atoms with Crippen LogP contribution in [0, 0.1) is 6.92 Å². The van der Waals surface area contributed by atoms with E-state index in [9.17, 15) is 4.79 Å². The smallest absolute Gasteiger partial charge is 0.322 e. The molecule has 7 heteroatoms. The van der Waals surface area contributed by atoms with Crippen LogP contribution in [0.1, 0.15) is 36.0 Å². The van der Waals surface area contributed by atoms with E-state index in [0.717, 1.165) is 36.3 Å². The number of aromatic nitrogens is 2. The first-order valence-electron chi connectivity index (χ1n) is 9.00. The van der Waals surface area contributed by atoms with Crippen LogP contribution in [0.5, 0.6) is 11.5 Å². The fourth-order valence-corrected chi connectivity index (χ4v) is 4.20. The molecule has 26 heavy (non-hydrogen) atoms. The first kappa shape index (κ1) is 15.4. The van der Waals surface area contributed by atoms with Crippen LogP contribution >= 0.6 is 0 Å². The van der Waals surface area contributed by atoms with E-state index in [1.807, 2.05) is 36.2 Å². The molecule has 0 radical (unpaired) electrons. The Morgan fingerprint density at radius 2 is 2.08 bits per heavy atom. The molecule has 1 N–H and O–H groups in total. The highest BCUT2D eigenvalue weighted by atomic mass is 16.6. The molecular weight excluding hydrogens is 332 g/mol. The molecule has 1 aromatic heterocycles. The number of carbonyl (C=O) groups excluding carboxylic acids is 1. The number of urea groups is 1. The third-order valence-corrected chi connectivity index (χ3v) is 5.34. The molecule has 3 aliphatic heterocycles. The average molecular weight is 352 g/mol. The van der Waals surface area contributed by atoms with Crippen LogP contribution < -0.4 is 14.8 Å². The van der Waals surface area contributed by atoms with Gasteiger partial charge in [-0.15, -0.1) is 0 Å². The Morgan fingerprint density at radius 3 is 2.96 bits per heavy atom. The molecule has 3 aliphatic rings. The third kappa shape index (κ3) is 2.46. The summed E-state index contributed by atoms with van der Waals surface area (Å²) >= 11 is 0. The van der Waals surface area contributed by atoms with Crippen molar-refractivity contribution in [2.45, 2.75) is 38.3 Å². The van der Waals surface area contributed by atoms with Crippen molar-refractivity contribution in [3.05, 3.63) is 41.5 Å². The van der Waals surface area contributed by atoms with Crippen molar-refractivity contribution in [1.82, 2.24) is 14.9 Å². The van der Waals surface area contributed by atoms with E-state index in [0.29, 0.717) is 30.4 Å². The van der Waals surface area contributed by atoms with Crippen molar-refractivity contribution >= 4 is 11.7 Å². The van der Waals surface area contributed by atoms with Crippen molar-refractivity contribution in [2.75, 3.05) is 18.5 Å². The van der Waals surface area contributed by atoms with E-state index in [4.69, 9.17) is 9.47 Å². The minimum Gasteiger partial charge on any atom is -0.486 e. The highest BCUT2D eigenvalue weighted by Crippen LogP contribution is 2.43. The topological polar surface area (TPSA) is 76.6 Å². The number of fused-ring (bicyclic) bond motifs is 5. The molecule has 0 unspecified atom stereocenters. The van der Waals surface area contributed by atoms with Crippen LogP contribution in [0.3, 0.4) is 0 Å². The Morgan fingerprint density at radius 1 is 1.23 bits per heavy atom. The van der Waals surface area contributed by atoms with E-state index < -0.39 is 0 Å². The summed E-state index contributed by atoms with van der Waals surface area (Å²) in [5, 5.41) is 3.02. The zero-order valence-corrected chi connectivity index (χ0v) is 14.6. The van der Waals surface area contributed by atoms with Crippen LogP contribution in [-0.4, -0.2) is 40.2 Å². The molecule has 1 aromatic carbocycles. The number of anilines is 1. The largest absolute Gasteiger partial charge is 0.486 e. The van der Waals surface area contributed by atoms with Crippen LogP contribution in [0.15, 0.2) is 24.4 Å². The molecule has 2 aromatic rings. The number of carbonyl (C=O) groups is 1. The van der Waals surface area contributed by atoms with Crippen LogP contribution in [0.4, 0.5) is 10.5 Å². The number of amides is 2. The van der Waals surface area contributed by atoms with E-state index in [2.05, 4.69) is 15.3 Å². The summed E-state index contributed by atoms with van der Waals surface area (Å²) in [6, 6.07) is 5.66. The maximum absolute atomic E-state index is 13.0. The van der Waals surface area contributed by atoms with Crippen molar-refractivity contribution in [3.8, 4) is 11.5 Å². The van der Waals surface area contributed by atoms with Crippen molar-refractivity contribution < 1.29 is 14.3 Å². The molecule has 0 aliphatic carbocycles. The van der Waals surface area contributed by atoms with Crippen LogP contribution in [-0.2, 0) is 6.42 Å². The van der Waals surface area contributed by atoms with Gasteiger partial charge in [-0.2, -0.15) is 0 Å². The second-order valence-corrected chi connectivity index (χ2v) is 6.97. The van der Waals surface area contributed by atoms with Gasteiger partial charge < -0.3 is 19.7 Å².